The second-order valence-corrected chi connectivity index (χ2v) is 1.99. The van der Waals surface area contributed by atoms with E-state index in [-0.39, 0.29) is 0 Å². The van der Waals surface area contributed by atoms with Crippen LogP contribution in [-0.2, 0) is 11.4 Å². The lowest BCUT2D eigenvalue weighted by molar-refractivity contribution is 0.179. The average Bonchev–Trinajstić information content (AvgIpc) is 2.07. The average molecular weight is 228 g/mol. The third-order valence-electron chi connectivity index (χ3n) is 0.471. The molecule has 0 fully saturated rings. The van der Waals surface area contributed by atoms with E-state index < -0.39 is 11.4 Å². The zero-order chi connectivity index (χ0) is 11.8. The van der Waals surface area contributed by atoms with Crippen molar-refractivity contribution >= 4 is 11.4 Å². The van der Waals surface area contributed by atoms with E-state index in [1.807, 2.05) is 11.0 Å². The minimum absolute atomic E-state index is 0.458. The predicted molar refractivity (Wildman–Crippen MR) is 53.4 cm³/mol. The molecule has 86 valence electrons. The molecule has 0 saturated carbocycles. The van der Waals surface area contributed by atoms with E-state index in [0.29, 0.717) is 13.1 Å². The van der Waals surface area contributed by atoms with Crippen molar-refractivity contribution in [3.63, 3.8) is 0 Å². The van der Waals surface area contributed by atoms with Crippen LogP contribution in [0.2, 0.25) is 0 Å². The molecule has 6 N–H and O–H groups in total. The SMILES string of the molecule is C=CCNO.C=CCNO.O=S(O)O. The predicted octanol–water partition coefficient (Wildman–Crippen LogP) is -0.0165. The highest BCUT2D eigenvalue weighted by Crippen LogP contribution is 1.48. The lowest BCUT2D eigenvalue weighted by atomic mass is 10.7. The van der Waals surface area contributed by atoms with Gasteiger partial charge in [0.1, 0.15) is 0 Å². The van der Waals surface area contributed by atoms with Gasteiger partial charge < -0.3 is 10.4 Å². The molecule has 0 atom stereocenters. The summed E-state index contributed by atoms with van der Waals surface area (Å²) in [5.74, 6) is 0. The van der Waals surface area contributed by atoms with Crippen LogP contribution in [0.4, 0.5) is 0 Å². The highest BCUT2D eigenvalue weighted by atomic mass is 32.2. The molecule has 0 aliphatic heterocycles. The van der Waals surface area contributed by atoms with Crippen molar-refractivity contribution in [2.75, 3.05) is 13.1 Å². The summed E-state index contributed by atoms with van der Waals surface area (Å²) in [6.07, 6.45) is 3.14. The maximum Gasteiger partial charge on any atom is 0.299 e. The van der Waals surface area contributed by atoms with Crippen LogP contribution >= 0.6 is 0 Å². The van der Waals surface area contributed by atoms with Crippen LogP contribution in [-0.4, -0.2) is 36.8 Å². The minimum atomic E-state index is -2.61. The van der Waals surface area contributed by atoms with E-state index in [1.54, 1.807) is 12.2 Å². The molecule has 0 aromatic carbocycles. The summed E-state index contributed by atoms with van der Waals surface area (Å²) in [7, 11) is 0. The fourth-order valence-corrected chi connectivity index (χ4v) is 0.129. The Bertz CT molecular complexity index is 130. The van der Waals surface area contributed by atoms with Crippen LogP contribution in [0.25, 0.3) is 0 Å². The Balaban J connectivity index is -0.000000131. The van der Waals surface area contributed by atoms with Crippen molar-refractivity contribution in [2.24, 2.45) is 0 Å². The third-order valence-corrected chi connectivity index (χ3v) is 0.471. The van der Waals surface area contributed by atoms with Gasteiger partial charge in [-0.3, -0.25) is 9.11 Å². The molecule has 0 amide bonds. The number of nitrogens with one attached hydrogen (secondary N) is 2. The molecule has 0 radical (unpaired) electrons. The summed E-state index contributed by atoms with van der Waals surface area (Å²) in [6.45, 7) is 7.57. The van der Waals surface area contributed by atoms with Gasteiger partial charge in [-0.15, -0.1) is 13.2 Å². The maximum atomic E-state index is 8.67. The van der Waals surface area contributed by atoms with Crippen molar-refractivity contribution in [1.82, 2.24) is 11.0 Å². The van der Waals surface area contributed by atoms with Crippen LogP contribution in [0, 0.1) is 0 Å². The van der Waals surface area contributed by atoms with Gasteiger partial charge in [-0.2, -0.15) is 4.21 Å². The van der Waals surface area contributed by atoms with Gasteiger partial charge in [0, 0.05) is 13.1 Å². The Morgan fingerprint density at radius 2 is 1.29 bits per heavy atom. The van der Waals surface area contributed by atoms with Gasteiger partial charge in [-0.25, -0.2) is 11.0 Å². The first-order valence-electron chi connectivity index (χ1n) is 3.32. The minimum Gasteiger partial charge on any atom is -0.317 e. The number of hydrogen-bond donors (Lipinski definition) is 6. The Kier molecular flexibility index (Phi) is 31.1. The van der Waals surface area contributed by atoms with E-state index in [4.69, 9.17) is 23.7 Å². The zero-order valence-electron chi connectivity index (χ0n) is 7.59. The molecule has 0 aliphatic rings. The van der Waals surface area contributed by atoms with Gasteiger partial charge >= 0.3 is 0 Å². The fourth-order valence-electron chi connectivity index (χ4n) is 0.129. The van der Waals surface area contributed by atoms with Crippen LogP contribution in [0.3, 0.4) is 0 Å². The first kappa shape index (κ1) is 19.0. The topological polar surface area (TPSA) is 122 Å². The van der Waals surface area contributed by atoms with E-state index in [9.17, 15) is 0 Å². The van der Waals surface area contributed by atoms with Crippen molar-refractivity contribution in [2.45, 2.75) is 0 Å². The normalized spacial score (nSPS) is 7.79. The van der Waals surface area contributed by atoms with Gasteiger partial charge in [0.15, 0.2) is 0 Å². The second-order valence-electron chi connectivity index (χ2n) is 1.53. The Hall–Kier alpha value is -0.610. The first-order chi connectivity index (χ1) is 6.56. The van der Waals surface area contributed by atoms with E-state index in [0.717, 1.165) is 0 Å². The molecule has 0 heterocycles. The van der Waals surface area contributed by atoms with Crippen molar-refractivity contribution in [3.8, 4) is 0 Å². The van der Waals surface area contributed by atoms with Crippen molar-refractivity contribution < 1.29 is 23.7 Å². The van der Waals surface area contributed by atoms with Crippen LogP contribution < -0.4 is 11.0 Å². The molecule has 0 bridgehead atoms. The van der Waals surface area contributed by atoms with Gasteiger partial charge in [0.05, 0.1) is 0 Å². The fraction of sp³-hybridized carbons (Fsp3) is 0.333. The number of rotatable bonds is 4. The maximum absolute atomic E-state index is 8.67. The standard InChI is InChI=1S/2C3H7NO.H2O3S/c2*1-2-3-4-5;1-4(2)3/h2*2,4-5H,1,3H2;(H2,1,2,3). The molecule has 0 aromatic rings. The first-order valence-corrected chi connectivity index (χ1v) is 4.38. The lowest BCUT2D eigenvalue weighted by Gasteiger charge is -1.78. The summed E-state index contributed by atoms with van der Waals surface area (Å²) in [5.41, 5.74) is 3.80. The molecule has 0 aliphatic carbocycles. The second kappa shape index (κ2) is 22.8. The summed E-state index contributed by atoms with van der Waals surface area (Å²) in [5, 5.41) is 15.5. The third kappa shape index (κ3) is 107. The van der Waals surface area contributed by atoms with Gasteiger partial charge in [0.2, 0.25) is 0 Å². The monoisotopic (exact) mass is 228 g/mol. The molecular formula is C6H16N2O5S. The molecule has 0 saturated heterocycles. The van der Waals surface area contributed by atoms with Gasteiger partial charge in [0.25, 0.3) is 11.4 Å². The molecule has 0 rings (SSSR count). The van der Waals surface area contributed by atoms with Crippen LogP contribution in [0.15, 0.2) is 25.3 Å². The Labute approximate surface area is 85.2 Å². The lowest BCUT2D eigenvalue weighted by Crippen LogP contribution is -2.04. The Morgan fingerprint density at radius 1 is 1.07 bits per heavy atom. The van der Waals surface area contributed by atoms with E-state index in [1.165, 1.54) is 0 Å². The number of hydroxylamine groups is 2. The van der Waals surface area contributed by atoms with Gasteiger partial charge in [-0.05, 0) is 0 Å². The molecule has 0 aromatic heterocycles. The highest BCUT2D eigenvalue weighted by Gasteiger charge is 1.62. The summed E-state index contributed by atoms with van der Waals surface area (Å²) in [6, 6.07) is 0. The van der Waals surface area contributed by atoms with Crippen molar-refractivity contribution in [3.05, 3.63) is 25.3 Å². The van der Waals surface area contributed by atoms with Gasteiger partial charge in [-0.1, -0.05) is 12.2 Å². The largest absolute Gasteiger partial charge is 0.317 e. The molecule has 8 heteroatoms. The molecular weight excluding hydrogens is 212 g/mol. The number of hydrogen-bond acceptors (Lipinski definition) is 5. The van der Waals surface area contributed by atoms with E-state index >= 15 is 0 Å². The molecule has 0 unspecified atom stereocenters. The summed E-state index contributed by atoms with van der Waals surface area (Å²) in [4.78, 5) is 0. The zero-order valence-corrected chi connectivity index (χ0v) is 8.40. The molecule has 14 heavy (non-hydrogen) atoms. The van der Waals surface area contributed by atoms with Crippen LogP contribution in [0.1, 0.15) is 0 Å². The summed E-state index contributed by atoms with van der Waals surface area (Å²) >= 11 is -2.61. The highest BCUT2D eigenvalue weighted by molar-refractivity contribution is 7.73. The summed E-state index contributed by atoms with van der Waals surface area (Å²) < 4.78 is 22.8. The van der Waals surface area contributed by atoms with Crippen LogP contribution in [0.5, 0.6) is 0 Å². The molecule has 7 nitrogen and oxygen atoms in total. The van der Waals surface area contributed by atoms with E-state index in [2.05, 4.69) is 13.2 Å². The quantitative estimate of drug-likeness (QED) is 0.227. The molecule has 0 spiro atoms. The van der Waals surface area contributed by atoms with Crippen molar-refractivity contribution in [1.29, 1.82) is 0 Å². The Morgan fingerprint density at radius 3 is 1.29 bits per heavy atom. The smallest absolute Gasteiger partial charge is 0.299 e.